The molecule has 6 nitrogen and oxygen atoms in total. The molecule has 1 atom stereocenters. The summed E-state index contributed by atoms with van der Waals surface area (Å²) in [7, 11) is 1.53. The standard InChI is InChI=1S/C18H19N3O3S2/c1-4-11-9-12-16(26-11)20-18(25)21(17(12)23)10(2)15(22)19-13-7-5-6-8-14(13)24-3/h5-10H,4H2,1-3H3,(H,19,22)(H,20,25). The number of aromatic amines is 1. The number of carbonyl (C=O) groups is 1. The largest absolute Gasteiger partial charge is 0.495 e. The Morgan fingerprint density at radius 3 is 2.85 bits per heavy atom. The summed E-state index contributed by atoms with van der Waals surface area (Å²) in [6, 6.07) is 8.19. The molecule has 1 aromatic carbocycles. The fourth-order valence-corrected chi connectivity index (χ4v) is 4.10. The van der Waals surface area contributed by atoms with Gasteiger partial charge in [0.15, 0.2) is 4.77 Å². The zero-order valence-corrected chi connectivity index (χ0v) is 16.3. The van der Waals surface area contributed by atoms with Crippen LogP contribution in [0.5, 0.6) is 5.75 Å². The average Bonchev–Trinajstić information content (AvgIpc) is 3.05. The number of benzene rings is 1. The monoisotopic (exact) mass is 389 g/mol. The van der Waals surface area contributed by atoms with Crippen LogP contribution in [0.25, 0.3) is 10.2 Å². The Balaban J connectivity index is 1.99. The molecule has 0 bridgehead atoms. The summed E-state index contributed by atoms with van der Waals surface area (Å²) in [5.41, 5.74) is 0.280. The topological polar surface area (TPSA) is 76.1 Å². The number of fused-ring (bicyclic) bond motifs is 1. The van der Waals surface area contributed by atoms with Crippen LogP contribution in [0.1, 0.15) is 24.8 Å². The van der Waals surface area contributed by atoms with Crippen molar-refractivity contribution < 1.29 is 9.53 Å². The second-order valence-corrected chi connectivity index (χ2v) is 7.30. The maximum Gasteiger partial charge on any atom is 0.263 e. The van der Waals surface area contributed by atoms with E-state index in [1.807, 2.05) is 19.1 Å². The van der Waals surface area contributed by atoms with E-state index in [0.29, 0.717) is 16.8 Å². The van der Waals surface area contributed by atoms with Gasteiger partial charge in [0.05, 0.1) is 18.2 Å². The number of carbonyl (C=O) groups excluding carboxylic acids is 1. The molecule has 0 spiro atoms. The number of H-pyrrole nitrogens is 1. The van der Waals surface area contributed by atoms with Crippen molar-refractivity contribution in [3.63, 3.8) is 0 Å². The minimum absolute atomic E-state index is 0.231. The molecule has 0 saturated carbocycles. The maximum absolute atomic E-state index is 12.9. The number of hydrogen-bond acceptors (Lipinski definition) is 5. The van der Waals surface area contributed by atoms with Crippen molar-refractivity contribution in [2.75, 3.05) is 12.4 Å². The summed E-state index contributed by atoms with van der Waals surface area (Å²) < 4.78 is 6.79. The van der Waals surface area contributed by atoms with Gasteiger partial charge in [-0.25, -0.2) is 0 Å². The van der Waals surface area contributed by atoms with E-state index in [1.54, 1.807) is 25.1 Å². The minimum Gasteiger partial charge on any atom is -0.495 e. The molecule has 0 aliphatic heterocycles. The van der Waals surface area contributed by atoms with Crippen LogP contribution in [0.15, 0.2) is 35.1 Å². The fourth-order valence-electron chi connectivity index (χ4n) is 2.70. The van der Waals surface area contributed by atoms with Crippen LogP contribution in [0.2, 0.25) is 0 Å². The molecule has 26 heavy (non-hydrogen) atoms. The van der Waals surface area contributed by atoms with Crippen molar-refractivity contribution in [1.82, 2.24) is 9.55 Å². The van der Waals surface area contributed by atoms with Crippen molar-refractivity contribution in [3.8, 4) is 5.75 Å². The summed E-state index contributed by atoms with van der Waals surface area (Å²) in [4.78, 5) is 30.5. The SMILES string of the molecule is CCc1cc2c(=O)n(C(C)C(=O)Nc3ccccc3OC)c(=S)[nH]c2s1. The third kappa shape index (κ3) is 3.30. The molecule has 0 saturated heterocycles. The van der Waals surface area contributed by atoms with Crippen LogP contribution in [0.3, 0.4) is 0 Å². The summed E-state index contributed by atoms with van der Waals surface area (Å²) in [5, 5.41) is 3.35. The molecule has 1 unspecified atom stereocenters. The van der Waals surface area contributed by atoms with Crippen molar-refractivity contribution >= 4 is 45.4 Å². The van der Waals surface area contributed by atoms with Gasteiger partial charge in [-0.05, 0) is 43.8 Å². The first-order valence-electron chi connectivity index (χ1n) is 8.17. The van der Waals surface area contributed by atoms with Crippen LogP contribution >= 0.6 is 23.6 Å². The second kappa shape index (κ2) is 7.43. The fraction of sp³-hybridized carbons (Fsp3) is 0.278. The Morgan fingerprint density at radius 2 is 2.15 bits per heavy atom. The lowest BCUT2D eigenvalue weighted by atomic mass is 10.2. The molecule has 136 valence electrons. The van der Waals surface area contributed by atoms with Gasteiger partial charge in [-0.2, -0.15) is 0 Å². The highest BCUT2D eigenvalue weighted by Crippen LogP contribution is 2.25. The zero-order valence-electron chi connectivity index (χ0n) is 14.7. The van der Waals surface area contributed by atoms with Gasteiger partial charge in [0.25, 0.3) is 5.56 Å². The third-order valence-corrected chi connectivity index (χ3v) is 5.65. The molecule has 2 heterocycles. The van der Waals surface area contributed by atoms with Crippen molar-refractivity contribution in [1.29, 1.82) is 0 Å². The van der Waals surface area contributed by atoms with Gasteiger partial charge in [0.1, 0.15) is 16.6 Å². The number of nitrogens with zero attached hydrogens (tertiary/aromatic N) is 1. The van der Waals surface area contributed by atoms with Gasteiger partial charge in [0, 0.05) is 4.88 Å². The van der Waals surface area contributed by atoms with E-state index in [9.17, 15) is 9.59 Å². The number of amides is 1. The number of nitrogens with one attached hydrogen (secondary N) is 2. The first kappa shape index (κ1) is 18.3. The molecule has 2 N–H and O–H groups in total. The van der Waals surface area contributed by atoms with Crippen LogP contribution in [-0.2, 0) is 11.2 Å². The molecule has 0 radical (unpaired) electrons. The van der Waals surface area contributed by atoms with Gasteiger partial charge < -0.3 is 15.0 Å². The molecule has 8 heteroatoms. The van der Waals surface area contributed by atoms with Crippen LogP contribution in [-0.4, -0.2) is 22.6 Å². The molecule has 3 rings (SSSR count). The molecule has 3 aromatic rings. The Morgan fingerprint density at radius 1 is 1.42 bits per heavy atom. The van der Waals surface area contributed by atoms with Crippen LogP contribution in [0.4, 0.5) is 5.69 Å². The smallest absolute Gasteiger partial charge is 0.263 e. The number of hydrogen-bond donors (Lipinski definition) is 2. The first-order chi connectivity index (χ1) is 12.5. The predicted molar refractivity (Wildman–Crippen MR) is 107 cm³/mol. The number of anilines is 1. The normalized spacial score (nSPS) is 12.1. The lowest BCUT2D eigenvalue weighted by Gasteiger charge is -2.16. The molecular formula is C18H19N3O3S2. The Bertz CT molecular complexity index is 1080. The van der Waals surface area contributed by atoms with Crippen LogP contribution in [0, 0.1) is 4.77 Å². The van der Waals surface area contributed by atoms with E-state index >= 15 is 0 Å². The molecule has 0 aliphatic rings. The second-order valence-electron chi connectivity index (χ2n) is 5.78. The molecule has 0 fully saturated rings. The number of para-hydroxylation sites is 2. The van der Waals surface area contributed by atoms with E-state index in [-0.39, 0.29) is 16.2 Å². The number of aryl methyl sites for hydroxylation is 1. The number of rotatable bonds is 5. The van der Waals surface area contributed by atoms with E-state index in [1.165, 1.54) is 23.0 Å². The van der Waals surface area contributed by atoms with E-state index in [0.717, 1.165) is 16.1 Å². The Kier molecular flexibility index (Phi) is 5.24. The highest BCUT2D eigenvalue weighted by atomic mass is 32.1. The van der Waals surface area contributed by atoms with Gasteiger partial charge in [-0.15, -0.1) is 11.3 Å². The van der Waals surface area contributed by atoms with Crippen molar-refractivity contribution in [2.24, 2.45) is 0 Å². The first-order valence-corrected chi connectivity index (χ1v) is 9.39. The lowest BCUT2D eigenvalue weighted by Crippen LogP contribution is -2.32. The minimum atomic E-state index is -0.773. The third-order valence-electron chi connectivity index (χ3n) is 4.15. The van der Waals surface area contributed by atoms with Gasteiger partial charge >= 0.3 is 0 Å². The average molecular weight is 390 g/mol. The van der Waals surface area contributed by atoms with Crippen LogP contribution < -0.4 is 15.6 Å². The van der Waals surface area contributed by atoms with Gasteiger partial charge in [-0.1, -0.05) is 19.1 Å². The quantitative estimate of drug-likeness (QED) is 0.649. The Hall–Kier alpha value is -2.45. The maximum atomic E-state index is 12.9. The molecule has 1 amide bonds. The summed E-state index contributed by atoms with van der Waals surface area (Å²) in [6.07, 6.45) is 0.837. The molecule has 0 aliphatic carbocycles. The molecule has 2 aromatic heterocycles. The van der Waals surface area contributed by atoms with E-state index in [4.69, 9.17) is 17.0 Å². The highest BCUT2D eigenvalue weighted by Gasteiger charge is 2.21. The summed E-state index contributed by atoms with van der Waals surface area (Å²) in [5.74, 6) is 0.202. The highest BCUT2D eigenvalue weighted by molar-refractivity contribution is 7.71. The van der Waals surface area contributed by atoms with E-state index < -0.39 is 6.04 Å². The summed E-state index contributed by atoms with van der Waals surface area (Å²) in [6.45, 7) is 3.68. The molecular weight excluding hydrogens is 370 g/mol. The van der Waals surface area contributed by atoms with Gasteiger partial charge in [-0.3, -0.25) is 14.2 Å². The number of thiophene rings is 1. The van der Waals surface area contributed by atoms with Crippen molar-refractivity contribution in [2.45, 2.75) is 26.3 Å². The zero-order chi connectivity index (χ0) is 18.8. The number of methoxy groups -OCH3 is 1. The Labute approximate surface area is 159 Å². The van der Waals surface area contributed by atoms with Gasteiger partial charge in [0.2, 0.25) is 5.91 Å². The van der Waals surface area contributed by atoms with E-state index in [2.05, 4.69) is 10.3 Å². The number of ether oxygens (including phenoxy) is 1. The predicted octanol–water partition coefficient (Wildman–Crippen LogP) is 3.89. The van der Waals surface area contributed by atoms with Crippen molar-refractivity contribution in [3.05, 3.63) is 50.3 Å². The number of aromatic nitrogens is 2. The lowest BCUT2D eigenvalue weighted by molar-refractivity contribution is -0.118. The summed E-state index contributed by atoms with van der Waals surface area (Å²) >= 11 is 6.84.